The third-order valence-corrected chi connectivity index (χ3v) is 5.95. The molecule has 0 bridgehead atoms. The van der Waals surface area contributed by atoms with E-state index in [0.29, 0.717) is 33.9 Å². The van der Waals surface area contributed by atoms with E-state index in [1.54, 1.807) is 24.3 Å². The lowest BCUT2D eigenvalue weighted by Gasteiger charge is -2.10. The largest absolute Gasteiger partial charge is 0.504 e. The minimum absolute atomic E-state index is 0.0462. The minimum Gasteiger partial charge on any atom is -0.504 e. The van der Waals surface area contributed by atoms with Gasteiger partial charge in [0.05, 0.1) is 18.6 Å². The predicted octanol–water partition coefficient (Wildman–Crippen LogP) is 4.93. The zero-order chi connectivity index (χ0) is 24.6. The van der Waals surface area contributed by atoms with Gasteiger partial charge in [0.1, 0.15) is 0 Å². The van der Waals surface area contributed by atoms with Gasteiger partial charge in [0.25, 0.3) is 5.91 Å². The number of phenols is 1. The van der Waals surface area contributed by atoms with E-state index in [2.05, 4.69) is 20.7 Å². The second-order valence-electron chi connectivity index (χ2n) is 7.23. The summed E-state index contributed by atoms with van der Waals surface area (Å²) in [5, 5.41) is 23.7. The van der Waals surface area contributed by atoms with Crippen LogP contribution >= 0.6 is 23.4 Å². The molecule has 0 atom stereocenters. The average molecular weight is 508 g/mol. The number of carbonyl (C=O) groups excluding carboxylic acids is 1. The van der Waals surface area contributed by atoms with E-state index in [0.717, 1.165) is 11.3 Å². The average Bonchev–Trinajstić information content (AvgIpc) is 3.30. The number of benzene rings is 3. The number of phenolic OH excluding ortho intramolecular Hbond substituents is 1. The molecule has 4 rings (SSSR count). The van der Waals surface area contributed by atoms with Crippen LogP contribution in [0.5, 0.6) is 11.5 Å². The van der Waals surface area contributed by atoms with E-state index < -0.39 is 0 Å². The summed E-state index contributed by atoms with van der Waals surface area (Å²) in [4.78, 5) is 12.4. The summed E-state index contributed by atoms with van der Waals surface area (Å²) >= 11 is 7.29. The third-order valence-electron chi connectivity index (χ3n) is 4.77. The number of hydrogen-bond acceptors (Lipinski definition) is 7. The number of carbonyl (C=O) groups is 1. The molecule has 0 radical (unpaired) electrons. The van der Waals surface area contributed by atoms with Gasteiger partial charge in [0.15, 0.2) is 22.5 Å². The Labute approximate surface area is 211 Å². The highest BCUT2D eigenvalue weighted by atomic mass is 35.5. The molecule has 1 amide bonds. The molecule has 8 nitrogen and oxygen atoms in total. The Bertz CT molecular complexity index is 1330. The number of hydrogen-bond donors (Lipinski definition) is 2. The van der Waals surface area contributed by atoms with Gasteiger partial charge in [-0.05, 0) is 67.1 Å². The van der Waals surface area contributed by atoms with E-state index >= 15 is 0 Å². The Morgan fingerprint density at radius 3 is 2.66 bits per heavy atom. The summed E-state index contributed by atoms with van der Waals surface area (Å²) < 4.78 is 7.25. The smallest absolute Gasteiger partial charge is 0.250 e. The quantitative estimate of drug-likeness (QED) is 0.189. The second-order valence-corrected chi connectivity index (χ2v) is 8.60. The number of aromatic nitrogens is 3. The van der Waals surface area contributed by atoms with Crippen molar-refractivity contribution >= 4 is 35.5 Å². The van der Waals surface area contributed by atoms with Crippen LogP contribution in [0.4, 0.5) is 0 Å². The molecule has 0 spiro atoms. The molecule has 0 saturated carbocycles. The fourth-order valence-corrected chi connectivity index (χ4v) is 4.05. The first-order chi connectivity index (χ1) is 17.0. The van der Waals surface area contributed by atoms with Crippen LogP contribution in [0.3, 0.4) is 0 Å². The Morgan fingerprint density at radius 1 is 1.14 bits per heavy atom. The maximum Gasteiger partial charge on any atom is 0.250 e. The second kappa shape index (κ2) is 11.5. The minimum atomic E-state index is -0.300. The van der Waals surface area contributed by atoms with Crippen molar-refractivity contribution in [2.24, 2.45) is 5.10 Å². The Morgan fingerprint density at radius 2 is 1.91 bits per heavy atom. The molecule has 1 aromatic heterocycles. The molecule has 0 aliphatic heterocycles. The number of rotatable bonds is 9. The Hall–Kier alpha value is -3.82. The number of aromatic hydroxyl groups is 1. The van der Waals surface area contributed by atoms with Gasteiger partial charge in [-0.3, -0.25) is 9.36 Å². The molecular weight excluding hydrogens is 486 g/mol. The van der Waals surface area contributed by atoms with Gasteiger partial charge < -0.3 is 9.84 Å². The summed E-state index contributed by atoms with van der Waals surface area (Å²) in [6.45, 7) is 2.25. The van der Waals surface area contributed by atoms with Crippen molar-refractivity contribution in [2.75, 3.05) is 12.4 Å². The number of para-hydroxylation sites is 1. The van der Waals surface area contributed by atoms with Gasteiger partial charge in [-0.15, -0.1) is 10.2 Å². The van der Waals surface area contributed by atoms with Crippen LogP contribution in [0.2, 0.25) is 5.02 Å². The number of nitrogens with zero attached hydrogens (tertiary/aromatic N) is 4. The molecule has 3 aromatic carbocycles. The summed E-state index contributed by atoms with van der Waals surface area (Å²) in [6, 6.07) is 21.9. The fraction of sp³-hybridized carbons (Fsp3) is 0.120. The lowest BCUT2D eigenvalue weighted by molar-refractivity contribution is -0.118. The number of ether oxygens (including phenoxy) is 1. The topological polar surface area (TPSA) is 102 Å². The van der Waals surface area contributed by atoms with E-state index in [4.69, 9.17) is 16.3 Å². The zero-order valence-corrected chi connectivity index (χ0v) is 20.3. The maximum atomic E-state index is 12.4. The van der Waals surface area contributed by atoms with E-state index in [9.17, 15) is 9.90 Å². The van der Waals surface area contributed by atoms with Crippen LogP contribution in [0.25, 0.3) is 17.1 Å². The number of nitrogens with one attached hydrogen (secondary N) is 1. The molecule has 1 heterocycles. The van der Waals surface area contributed by atoms with E-state index in [1.165, 1.54) is 24.0 Å². The van der Waals surface area contributed by atoms with Crippen molar-refractivity contribution in [2.45, 2.75) is 12.1 Å². The first kappa shape index (κ1) is 24.3. The summed E-state index contributed by atoms with van der Waals surface area (Å²) in [5.41, 5.74) is 4.91. The normalized spacial score (nSPS) is 11.0. The van der Waals surface area contributed by atoms with E-state index in [1.807, 2.05) is 54.0 Å². The van der Waals surface area contributed by atoms with Crippen molar-refractivity contribution in [1.82, 2.24) is 20.2 Å². The Kier molecular flexibility index (Phi) is 8.02. The first-order valence-corrected chi connectivity index (χ1v) is 12.1. The van der Waals surface area contributed by atoms with Crippen molar-refractivity contribution in [1.29, 1.82) is 0 Å². The lowest BCUT2D eigenvalue weighted by atomic mass is 10.2. The monoisotopic (exact) mass is 507 g/mol. The van der Waals surface area contributed by atoms with Gasteiger partial charge in [-0.25, -0.2) is 5.43 Å². The van der Waals surface area contributed by atoms with Crippen molar-refractivity contribution in [3.8, 4) is 28.6 Å². The van der Waals surface area contributed by atoms with E-state index in [-0.39, 0.29) is 17.4 Å². The van der Waals surface area contributed by atoms with Crippen molar-refractivity contribution in [3.63, 3.8) is 0 Å². The highest BCUT2D eigenvalue weighted by Crippen LogP contribution is 2.29. The SMILES string of the molecule is CCOc1cc(/C=N/NC(=O)CSc2nnc(-c3ccc(Cl)cc3)n2-c2ccccc2)ccc1O. The number of hydrazone groups is 1. The van der Waals surface area contributed by atoms with Gasteiger partial charge >= 0.3 is 0 Å². The summed E-state index contributed by atoms with van der Waals surface area (Å²) in [5.74, 6) is 0.833. The van der Waals surface area contributed by atoms with Crippen LogP contribution in [-0.4, -0.2) is 44.4 Å². The molecular formula is C25H22ClN5O3S. The van der Waals surface area contributed by atoms with Crippen LogP contribution in [0, 0.1) is 0 Å². The maximum absolute atomic E-state index is 12.4. The van der Waals surface area contributed by atoms with Gasteiger partial charge in [-0.2, -0.15) is 5.10 Å². The predicted molar refractivity (Wildman–Crippen MR) is 138 cm³/mol. The highest BCUT2D eigenvalue weighted by Gasteiger charge is 2.17. The molecule has 0 aliphatic rings. The van der Waals surface area contributed by atoms with Gasteiger partial charge in [-0.1, -0.05) is 41.6 Å². The molecule has 2 N–H and O–H groups in total. The first-order valence-electron chi connectivity index (χ1n) is 10.7. The molecule has 0 fully saturated rings. The molecule has 0 saturated heterocycles. The van der Waals surface area contributed by atoms with Gasteiger partial charge in [0, 0.05) is 16.3 Å². The molecule has 4 aromatic rings. The van der Waals surface area contributed by atoms with Crippen molar-refractivity contribution in [3.05, 3.63) is 83.4 Å². The number of halogens is 1. The molecule has 0 unspecified atom stereocenters. The fourth-order valence-electron chi connectivity index (χ4n) is 3.18. The van der Waals surface area contributed by atoms with Crippen LogP contribution < -0.4 is 10.2 Å². The van der Waals surface area contributed by atoms with Gasteiger partial charge in [0.2, 0.25) is 0 Å². The van der Waals surface area contributed by atoms with Crippen LogP contribution in [-0.2, 0) is 4.79 Å². The number of thioether (sulfide) groups is 1. The third kappa shape index (κ3) is 6.20. The highest BCUT2D eigenvalue weighted by molar-refractivity contribution is 7.99. The zero-order valence-electron chi connectivity index (χ0n) is 18.8. The molecule has 35 heavy (non-hydrogen) atoms. The lowest BCUT2D eigenvalue weighted by Crippen LogP contribution is -2.20. The Balaban J connectivity index is 1.46. The molecule has 0 aliphatic carbocycles. The molecule has 10 heteroatoms. The van der Waals surface area contributed by atoms with Crippen LogP contribution in [0.1, 0.15) is 12.5 Å². The summed E-state index contributed by atoms with van der Waals surface area (Å²) in [6.07, 6.45) is 1.48. The summed E-state index contributed by atoms with van der Waals surface area (Å²) in [7, 11) is 0. The standard InChI is InChI=1S/C25H22ClN5O3S/c1-2-34-22-14-17(8-13-21(22)32)15-27-28-23(33)16-35-25-30-29-24(18-9-11-19(26)12-10-18)31(25)20-6-4-3-5-7-20/h3-15,32H,2,16H2,1H3,(H,28,33)/b27-15+. The van der Waals surface area contributed by atoms with Crippen molar-refractivity contribution < 1.29 is 14.6 Å². The number of amides is 1. The van der Waals surface area contributed by atoms with Crippen LogP contribution in [0.15, 0.2) is 83.1 Å². The molecule has 178 valence electrons.